The third-order valence-corrected chi connectivity index (χ3v) is 4.52. The largest absolute Gasteiger partial charge is 0.341 e. The van der Waals surface area contributed by atoms with E-state index in [1.165, 1.54) is 6.42 Å². The molecule has 3 rings (SSSR count). The highest BCUT2D eigenvalue weighted by molar-refractivity contribution is 6.30. The molecule has 0 N–H and O–H groups in total. The Morgan fingerprint density at radius 3 is 2.36 bits per heavy atom. The number of hydrogen-bond acceptors (Lipinski definition) is 2. The molecule has 3 amide bonds. The van der Waals surface area contributed by atoms with E-state index in [-0.39, 0.29) is 18.5 Å². The van der Waals surface area contributed by atoms with Crippen molar-refractivity contribution in [2.24, 2.45) is 0 Å². The molecule has 6 heteroatoms. The smallest absolute Gasteiger partial charge is 0.325 e. The Kier molecular flexibility index (Phi) is 4.52. The standard InChI is InChI=1S/C16H20ClN3O2/c17-13-4-6-14(7-5-13)20-11-10-19(16(20)22)12-15(21)18-8-2-1-3-9-18/h4-7H,1-3,8-12H2. The number of urea groups is 1. The molecular formula is C16H20ClN3O2. The van der Waals surface area contributed by atoms with Gasteiger partial charge in [-0.2, -0.15) is 0 Å². The van der Waals surface area contributed by atoms with E-state index in [4.69, 9.17) is 11.6 Å². The second kappa shape index (κ2) is 6.57. The summed E-state index contributed by atoms with van der Waals surface area (Å²) in [5.41, 5.74) is 0.822. The molecule has 0 aromatic heterocycles. The fraction of sp³-hybridized carbons (Fsp3) is 0.500. The fourth-order valence-corrected chi connectivity index (χ4v) is 3.12. The van der Waals surface area contributed by atoms with Crippen LogP contribution in [0.2, 0.25) is 5.02 Å². The van der Waals surface area contributed by atoms with Crippen molar-refractivity contribution in [3.05, 3.63) is 29.3 Å². The molecule has 0 radical (unpaired) electrons. The fourth-order valence-electron chi connectivity index (χ4n) is 3.00. The van der Waals surface area contributed by atoms with Gasteiger partial charge in [0, 0.05) is 36.9 Å². The van der Waals surface area contributed by atoms with Crippen LogP contribution in [-0.4, -0.2) is 54.5 Å². The Hall–Kier alpha value is -1.75. The SMILES string of the molecule is O=C(CN1CCN(c2ccc(Cl)cc2)C1=O)N1CCCCC1. The lowest BCUT2D eigenvalue weighted by atomic mass is 10.1. The van der Waals surface area contributed by atoms with Gasteiger partial charge < -0.3 is 9.80 Å². The highest BCUT2D eigenvalue weighted by Crippen LogP contribution is 2.22. The Labute approximate surface area is 135 Å². The van der Waals surface area contributed by atoms with E-state index in [9.17, 15) is 9.59 Å². The lowest BCUT2D eigenvalue weighted by Crippen LogP contribution is -2.44. The van der Waals surface area contributed by atoms with Crippen LogP contribution in [0.1, 0.15) is 19.3 Å². The molecule has 0 spiro atoms. The average molecular weight is 322 g/mol. The number of carbonyl (C=O) groups excluding carboxylic acids is 2. The van der Waals surface area contributed by atoms with Crippen LogP contribution in [0.15, 0.2) is 24.3 Å². The molecule has 22 heavy (non-hydrogen) atoms. The number of likely N-dealkylation sites (tertiary alicyclic amines) is 1. The van der Waals surface area contributed by atoms with E-state index in [2.05, 4.69) is 0 Å². The molecule has 5 nitrogen and oxygen atoms in total. The number of piperidine rings is 1. The molecule has 2 saturated heterocycles. The molecule has 2 aliphatic rings. The summed E-state index contributed by atoms with van der Waals surface area (Å²) in [4.78, 5) is 29.9. The molecule has 118 valence electrons. The molecule has 1 aromatic rings. The highest BCUT2D eigenvalue weighted by atomic mass is 35.5. The molecule has 0 unspecified atom stereocenters. The molecule has 0 atom stereocenters. The van der Waals surface area contributed by atoms with Crippen LogP contribution in [-0.2, 0) is 4.79 Å². The molecule has 2 aliphatic heterocycles. The first-order valence-corrected chi connectivity index (χ1v) is 8.13. The van der Waals surface area contributed by atoms with Gasteiger partial charge in [0.05, 0.1) is 0 Å². The minimum atomic E-state index is -0.104. The number of nitrogens with zero attached hydrogens (tertiary/aromatic N) is 3. The summed E-state index contributed by atoms with van der Waals surface area (Å²) >= 11 is 5.87. The molecule has 0 saturated carbocycles. The molecule has 2 fully saturated rings. The molecule has 0 aliphatic carbocycles. The predicted molar refractivity (Wildman–Crippen MR) is 86.2 cm³/mol. The molecule has 2 heterocycles. The topological polar surface area (TPSA) is 43.9 Å². The number of carbonyl (C=O) groups is 2. The summed E-state index contributed by atoms with van der Waals surface area (Å²) in [7, 11) is 0. The van der Waals surface area contributed by atoms with Gasteiger partial charge in [0.1, 0.15) is 6.54 Å². The zero-order chi connectivity index (χ0) is 15.5. The normalized spacial score (nSPS) is 19.0. The number of hydrogen-bond donors (Lipinski definition) is 0. The van der Waals surface area contributed by atoms with Crippen LogP contribution in [0, 0.1) is 0 Å². The van der Waals surface area contributed by atoms with Gasteiger partial charge in [-0.05, 0) is 43.5 Å². The summed E-state index contributed by atoms with van der Waals surface area (Å²) in [6.45, 7) is 3.02. The molecule has 1 aromatic carbocycles. The van der Waals surface area contributed by atoms with E-state index >= 15 is 0 Å². The summed E-state index contributed by atoms with van der Waals surface area (Å²) in [6, 6.07) is 7.09. The van der Waals surface area contributed by atoms with E-state index < -0.39 is 0 Å². The minimum absolute atomic E-state index is 0.0611. The van der Waals surface area contributed by atoms with Gasteiger partial charge in [0.25, 0.3) is 0 Å². The van der Waals surface area contributed by atoms with E-state index in [0.717, 1.165) is 31.6 Å². The second-order valence-corrected chi connectivity index (χ2v) is 6.21. The van der Waals surface area contributed by atoms with Crippen molar-refractivity contribution >= 4 is 29.2 Å². The Morgan fingerprint density at radius 1 is 1.00 bits per heavy atom. The van der Waals surface area contributed by atoms with Crippen LogP contribution < -0.4 is 4.90 Å². The maximum atomic E-state index is 12.5. The molecular weight excluding hydrogens is 302 g/mol. The van der Waals surface area contributed by atoms with Crippen molar-refractivity contribution < 1.29 is 9.59 Å². The van der Waals surface area contributed by atoms with Crippen LogP contribution in [0.3, 0.4) is 0 Å². The van der Waals surface area contributed by atoms with Crippen molar-refractivity contribution in [3.8, 4) is 0 Å². The lowest BCUT2D eigenvalue weighted by molar-refractivity contribution is -0.132. The number of anilines is 1. The van der Waals surface area contributed by atoms with Crippen molar-refractivity contribution in [1.82, 2.24) is 9.80 Å². The van der Waals surface area contributed by atoms with Gasteiger partial charge in [0.15, 0.2) is 0 Å². The number of halogens is 1. The zero-order valence-corrected chi connectivity index (χ0v) is 13.3. The summed E-state index contributed by atoms with van der Waals surface area (Å²) < 4.78 is 0. The second-order valence-electron chi connectivity index (χ2n) is 5.77. The van der Waals surface area contributed by atoms with Crippen LogP contribution in [0.25, 0.3) is 0 Å². The van der Waals surface area contributed by atoms with E-state index in [0.29, 0.717) is 18.1 Å². The third-order valence-electron chi connectivity index (χ3n) is 4.27. The zero-order valence-electron chi connectivity index (χ0n) is 12.5. The number of rotatable bonds is 3. The van der Waals surface area contributed by atoms with Gasteiger partial charge in [-0.3, -0.25) is 9.69 Å². The number of benzene rings is 1. The summed E-state index contributed by atoms with van der Waals surface area (Å²) in [6.07, 6.45) is 3.32. The van der Waals surface area contributed by atoms with Gasteiger partial charge in [0.2, 0.25) is 5.91 Å². The van der Waals surface area contributed by atoms with Gasteiger partial charge >= 0.3 is 6.03 Å². The van der Waals surface area contributed by atoms with Crippen molar-refractivity contribution in [2.45, 2.75) is 19.3 Å². The highest BCUT2D eigenvalue weighted by Gasteiger charge is 2.32. The summed E-state index contributed by atoms with van der Waals surface area (Å²) in [5.74, 6) is 0.0611. The van der Waals surface area contributed by atoms with E-state index in [1.54, 1.807) is 21.9 Å². The van der Waals surface area contributed by atoms with Gasteiger partial charge in [-0.1, -0.05) is 11.6 Å². The maximum Gasteiger partial charge on any atom is 0.325 e. The van der Waals surface area contributed by atoms with Crippen molar-refractivity contribution in [2.75, 3.05) is 37.6 Å². The van der Waals surface area contributed by atoms with Crippen molar-refractivity contribution in [1.29, 1.82) is 0 Å². The monoisotopic (exact) mass is 321 g/mol. The minimum Gasteiger partial charge on any atom is -0.341 e. The van der Waals surface area contributed by atoms with Gasteiger partial charge in [-0.15, -0.1) is 0 Å². The lowest BCUT2D eigenvalue weighted by Gasteiger charge is -2.28. The first-order chi connectivity index (χ1) is 10.6. The summed E-state index contributed by atoms with van der Waals surface area (Å²) in [5, 5.41) is 0.646. The van der Waals surface area contributed by atoms with Crippen LogP contribution >= 0.6 is 11.6 Å². The van der Waals surface area contributed by atoms with Crippen LogP contribution in [0.4, 0.5) is 10.5 Å². The maximum absolute atomic E-state index is 12.5. The first-order valence-electron chi connectivity index (χ1n) is 7.75. The van der Waals surface area contributed by atoms with Crippen LogP contribution in [0.5, 0.6) is 0 Å². The Morgan fingerprint density at radius 2 is 1.68 bits per heavy atom. The Bertz CT molecular complexity index is 555. The average Bonchev–Trinajstić information content (AvgIpc) is 2.90. The van der Waals surface area contributed by atoms with Gasteiger partial charge in [-0.25, -0.2) is 4.79 Å². The third kappa shape index (κ3) is 3.19. The first kappa shape index (κ1) is 15.2. The quantitative estimate of drug-likeness (QED) is 0.859. The Balaban J connectivity index is 1.61. The van der Waals surface area contributed by atoms with E-state index in [1.807, 2.05) is 17.0 Å². The number of amides is 3. The predicted octanol–water partition coefficient (Wildman–Crippen LogP) is 2.59. The molecule has 0 bridgehead atoms. The van der Waals surface area contributed by atoms with Crippen molar-refractivity contribution in [3.63, 3.8) is 0 Å².